The molecule has 3 aromatic rings. The molecule has 2 aliphatic heterocycles. The number of nitriles is 1. The molecule has 3 aromatic heterocycles. The van der Waals surface area contributed by atoms with E-state index in [9.17, 15) is 5.26 Å². The van der Waals surface area contributed by atoms with Crippen molar-refractivity contribution in [3.63, 3.8) is 0 Å². The van der Waals surface area contributed by atoms with Gasteiger partial charge in [0.15, 0.2) is 11.5 Å². The van der Waals surface area contributed by atoms with Gasteiger partial charge in [0.25, 0.3) is 0 Å². The Labute approximate surface area is 270 Å². The minimum absolute atomic E-state index is 0.252. The Kier molecular flexibility index (Phi) is 8.48. The first kappa shape index (κ1) is 30.5. The number of rotatable bonds is 10. The third-order valence-electron chi connectivity index (χ3n) is 10.6. The van der Waals surface area contributed by atoms with Crippen molar-refractivity contribution in [2.24, 2.45) is 0 Å². The molecule has 0 bridgehead atoms. The molecule has 2 saturated heterocycles. The standard InChI is InChI=1S/C34H46N8O2S/c1-22(2)42-16-15-41(21-34(42)12-13-34)28-17-29(43-20-25-10-6-14-40(25)3)38-33(37-28)31-24(19-44-39-31)9-4-7-23-8-5-11-27-30(23)26(18-35)32(36)45-27/h17,19,22-23,25H,4-16,20-21,36H2,1-3H3. The summed E-state index contributed by atoms with van der Waals surface area (Å²) in [5.74, 6) is 2.45. The lowest BCUT2D eigenvalue weighted by molar-refractivity contribution is 0.119. The van der Waals surface area contributed by atoms with Crippen molar-refractivity contribution in [3.05, 3.63) is 33.9 Å². The zero-order valence-corrected chi connectivity index (χ0v) is 27.7. The van der Waals surface area contributed by atoms with Gasteiger partial charge in [-0.25, -0.2) is 4.98 Å². The first-order valence-electron chi connectivity index (χ1n) is 16.8. The molecule has 0 radical (unpaired) electrons. The van der Waals surface area contributed by atoms with E-state index in [1.165, 1.54) is 29.7 Å². The number of anilines is 2. The molecule has 4 aliphatic rings. The predicted octanol–water partition coefficient (Wildman–Crippen LogP) is 5.63. The van der Waals surface area contributed by atoms with Gasteiger partial charge in [-0.15, -0.1) is 11.3 Å². The van der Waals surface area contributed by atoms with Gasteiger partial charge in [0, 0.05) is 53.8 Å². The van der Waals surface area contributed by atoms with E-state index in [4.69, 9.17) is 25.0 Å². The van der Waals surface area contributed by atoms with Gasteiger partial charge in [0.1, 0.15) is 29.8 Å². The van der Waals surface area contributed by atoms with Gasteiger partial charge in [-0.3, -0.25) is 4.90 Å². The number of piperazine rings is 1. The fourth-order valence-corrected chi connectivity index (χ4v) is 9.20. The minimum Gasteiger partial charge on any atom is -0.476 e. The normalized spacial score (nSPS) is 23.0. The number of fused-ring (bicyclic) bond motifs is 1. The number of likely N-dealkylation sites (tertiary alicyclic amines) is 1. The number of nitrogen functional groups attached to an aromatic ring is 1. The van der Waals surface area contributed by atoms with Crippen LogP contribution >= 0.6 is 11.3 Å². The van der Waals surface area contributed by atoms with Crippen molar-refractivity contribution < 1.29 is 9.26 Å². The summed E-state index contributed by atoms with van der Waals surface area (Å²) in [5, 5.41) is 14.9. The van der Waals surface area contributed by atoms with Crippen molar-refractivity contribution >= 4 is 22.2 Å². The van der Waals surface area contributed by atoms with E-state index in [-0.39, 0.29) is 5.54 Å². The molecule has 5 heterocycles. The maximum atomic E-state index is 9.76. The second kappa shape index (κ2) is 12.5. The van der Waals surface area contributed by atoms with Gasteiger partial charge in [-0.05, 0) is 103 Å². The second-order valence-electron chi connectivity index (χ2n) is 13.9. The number of nitrogens with two attached hydrogens (primary N) is 1. The van der Waals surface area contributed by atoms with Gasteiger partial charge < -0.3 is 24.8 Å². The van der Waals surface area contributed by atoms with Crippen LogP contribution in [0.3, 0.4) is 0 Å². The molecule has 0 aromatic carbocycles. The van der Waals surface area contributed by atoms with E-state index in [0.29, 0.717) is 52.6 Å². The molecule has 2 aliphatic carbocycles. The van der Waals surface area contributed by atoms with Crippen LogP contribution in [0.15, 0.2) is 16.9 Å². The monoisotopic (exact) mass is 630 g/mol. The Morgan fingerprint density at radius 3 is 2.82 bits per heavy atom. The second-order valence-corrected chi connectivity index (χ2v) is 15.0. The minimum atomic E-state index is 0.252. The van der Waals surface area contributed by atoms with Gasteiger partial charge in [0.05, 0.1) is 5.56 Å². The molecule has 1 saturated carbocycles. The fourth-order valence-electron chi connectivity index (χ4n) is 8.05. The Hall–Kier alpha value is -3.20. The maximum Gasteiger partial charge on any atom is 0.219 e. The lowest BCUT2D eigenvalue weighted by Crippen LogP contribution is -2.57. The van der Waals surface area contributed by atoms with Crippen LogP contribution in [0, 0.1) is 11.3 Å². The Bertz CT molecular complexity index is 1560. The number of aromatic nitrogens is 3. The summed E-state index contributed by atoms with van der Waals surface area (Å²) in [6.45, 7) is 9.27. The van der Waals surface area contributed by atoms with Crippen LogP contribution in [-0.4, -0.2) is 82.4 Å². The topological polar surface area (TPSA) is 121 Å². The summed E-state index contributed by atoms with van der Waals surface area (Å²) >= 11 is 1.60. The number of aryl methyl sites for hydroxylation is 2. The third kappa shape index (κ3) is 6.05. The van der Waals surface area contributed by atoms with Crippen LogP contribution in [0.5, 0.6) is 5.88 Å². The van der Waals surface area contributed by atoms with E-state index >= 15 is 0 Å². The van der Waals surface area contributed by atoms with Crippen LogP contribution < -0.4 is 15.4 Å². The van der Waals surface area contributed by atoms with Gasteiger partial charge in [-0.1, -0.05) is 5.16 Å². The number of nitrogens with zero attached hydrogens (tertiary/aromatic N) is 7. The molecular weight excluding hydrogens is 584 g/mol. The average Bonchev–Trinajstić information content (AvgIpc) is 3.33. The number of likely N-dealkylation sites (N-methyl/N-ethyl adjacent to an activating group) is 1. The number of thiophene rings is 1. The van der Waals surface area contributed by atoms with Gasteiger partial charge in [-0.2, -0.15) is 10.2 Å². The SMILES string of the molecule is CC(C)N1CCN(c2cc(OCC3CCCN3C)nc(-c3nocc3CCCC3CCCc4sc(N)c(C#N)c43)n2)CC12CC2. The van der Waals surface area contributed by atoms with Crippen LogP contribution in [0.2, 0.25) is 0 Å². The van der Waals surface area contributed by atoms with Crippen molar-refractivity contribution in [1.29, 1.82) is 5.26 Å². The highest BCUT2D eigenvalue weighted by molar-refractivity contribution is 7.16. The van der Waals surface area contributed by atoms with Gasteiger partial charge >= 0.3 is 0 Å². The maximum absolute atomic E-state index is 9.76. The summed E-state index contributed by atoms with van der Waals surface area (Å²) in [6.07, 6.45) is 12.6. The highest BCUT2D eigenvalue weighted by Gasteiger charge is 2.52. The van der Waals surface area contributed by atoms with Gasteiger partial charge in [0.2, 0.25) is 5.88 Å². The highest BCUT2D eigenvalue weighted by Crippen LogP contribution is 2.46. The summed E-state index contributed by atoms with van der Waals surface area (Å²) in [5.41, 5.74) is 10.1. The fraction of sp³-hybridized carbons (Fsp3) is 0.647. The third-order valence-corrected chi connectivity index (χ3v) is 11.7. The molecule has 11 heteroatoms. The quantitative estimate of drug-likeness (QED) is 0.302. The largest absolute Gasteiger partial charge is 0.476 e. The Morgan fingerprint density at radius 1 is 1.20 bits per heavy atom. The van der Waals surface area contributed by atoms with E-state index < -0.39 is 0 Å². The molecular formula is C34H46N8O2S. The zero-order chi connectivity index (χ0) is 31.1. The van der Waals surface area contributed by atoms with Crippen LogP contribution in [0.25, 0.3) is 11.5 Å². The first-order chi connectivity index (χ1) is 21.8. The van der Waals surface area contributed by atoms with Crippen LogP contribution in [0.4, 0.5) is 10.8 Å². The molecule has 10 nitrogen and oxygen atoms in total. The highest BCUT2D eigenvalue weighted by atomic mass is 32.1. The molecule has 0 amide bonds. The van der Waals surface area contributed by atoms with Crippen LogP contribution in [0.1, 0.15) is 92.7 Å². The lowest BCUT2D eigenvalue weighted by Gasteiger charge is -2.44. The van der Waals surface area contributed by atoms with E-state index in [2.05, 4.69) is 46.8 Å². The molecule has 45 heavy (non-hydrogen) atoms. The summed E-state index contributed by atoms with van der Waals surface area (Å²) in [6, 6.07) is 5.35. The average molecular weight is 631 g/mol. The molecule has 240 valence electrons. The smallest absolute Gasteiger partial charge is 0.219 e. The summed E-state index contributed by atoms with van der Waals surface area (Å²) in [7, 11) is 2.17. The van der Waals surface area contributed by atoms with Crippen molar-refractivity contribution in [1.82, 2.24) is 24.9 Å². The molecule has 7 rings (SSSR count). The lowest BCUT2D eigenvalue weighted by atomic mass is 9.82. The van der Waals surface area contributed by atoms with E-state index in [1.807, 2.05) is 6.07 Å². The molecule has 3 fully saturated rings. The predicted molar refractivity (Wildman–Crippen MR) is 177 cm³/mol. The Morgan fingerprint density at radius 2 is 2.07 bits per heavy atom. The van der Waals surface area contributed by atoms with Crippen molar-refractivity contribution in [3.8, 4) is 23.5 Å². The van der Waals surface area contributed by atoms with Crippen molar-refractivity contribution in [2.45, 2.75) is 102 Å². The van der Waals surface area contributed by atoms with Crippen LogP contribution in [-0.2, 0) is 12.8 Å². The molecule has 2 unspecified atom stereocenters. The van der Waals surface area contributed by atoms with Crippen molar-refractivity contribution in [2.75, 3.05) is 50.5 Å². The molecule has 1 spiro atoms. The molecule has 2 atom stereocenters. The number of ether oxygens (including phenoxy) is 1. The Balaban J connectivity index is 1.11. The van der Waals surface area contributed by atoms with E-state index in [1.54, 1.807) is 17.6 Å². The first-order valence-corrected chi connectivity index (χ1v) is 17.7. The molecule has 2 N–H and O–H groups in total. The number of hydrogen-bond acceptors (Lipinski definition) is 11. The zero-order valence-electron chi connectivity index (χ0n) is 26.9. The summed E-state index contributed by atoms with van der Waals surface area (Å²) in [4.78, 5) is 18.8. The van der Waals surface area contributed by atoms with E-state index in [0.717, 1.165) is 82.5 Å². The number of hydrogen-bond donors (Lipinski definition) is 1. The summed E-state index contributed by atoms with van der Waals surface area (Å²) < 4.78 is 11.9.